The highest BCUT2D eigenvalue weighted by atomic mass is 16.6. The second kappa shape index (κ2) is 11.4. The molecule has 34 heavy (non-hydrogen) atoms. The zero-order valence-electron chi connectivity index (χ0n) is 21.8. The van der Waals surface area contributed by atoms with Crippen molar-refractivity contribution in [2.24, 2.45) is 10.8 Å². The van der Waals surface area contributed by atoms with Crippen molar-refractivity contribution in [3.8, 4) is 11.5 Å². The molecule has 0 aliphatic carbocycles. The first-order chi connectivity index (χ1) is 15.9. The lowest BCUT2D eigenvalue weighted by Gasteiger charge is -2.22. The van der Waals surface area contributed by atoms with Crippen LogP contribution in [0.3, 0.4) is 0 Å². The molecule has 0 radical (unpaired) electrons. The topological polar surface area (TPSA) is 76.0 Å². The zero-order valence-corrected chi connectivity index (χ0v) is 21.8. The summed E-state index contributed by atoms with van der Waals surface area (Å²) in [6.45, 7) is 16.9. The Hall–Kier alpha value is -2.96. The number of ether oxygens (including phenoxy) is 4. The maximum atomic E-state index is 13.2. The number of carbonyl (C=O) groups excluding carboxylic acids is 2. The fraction of sp³-hybridized carbons (Fsp3) is 0.556. The van der Waals surface area contributed by atoms with Crippen LogP contribution in [0.1, 0.15) is 81.9 Å². The summed E-state index contributed by atoms with van der Waals surface area (Å²) in [7, 11) is 0. The van der Waals surface area contributed by atoms with Gasteiger partial charge in [0, 0.05) is 6.54 Å². The fourth-order valence-corrected chi connectivity index (χ4v) is 3.15. The first-order valence-electron chi connectivity index (χ1n) is 11.8. The summed E-state index contributed by atoms with van der Waals surface area (Å²) in [5.74, 6) is -0.759. The van der Waals surface area contributed by atoms with Gasteiger partial charge in [0.2, 0.25) is 0 Å². The predicted octanol–water partition coefficient (Wildman–Crippen LogP) is 5.74. The molecule has 7 heteroatoms. The molecule has 2 rings (SSSR count). The molecule has 0 saturated carbocycles. The van der Waals surface area contributed by atoms with Crippen LogP contribution in [0, 0.1) is 10.8 Å². The van der Waals surface area contributed by atoms with Crippen LogP contribution >= 0.6 is 0 Å². The highest BCUT2D eigenvalue weighted by Crippen LogP contribution is 2.41. The molecule has 0 saturated heterocycles. The van der Waals surface area contributed by atoms with Gasteiger partial charge in [-0.2, -0.15) is 0 Å². The highest BCUT2D eigenvalue weighted by Gasteiger charge is 2.36. The molecule has 0 unspecified atom stereocenters. The molecule has 7 nitrogen and oxygen atoms in total. The second-order valence-corrected chi connectivity index (χ2v) is 10.6. The van der Waals surface area contributed by atoms with Gasteiger partial charge in [-0.15, -0.1) is 0 Å². The van der Waals surface area contributed by atoms with E-state index in [1.165, 1.54) is 0 Å². The number of aromatic nitrogens is 1. The van der Waals surface area contributed by atoms with E-state index in [0.717, 1.165) is 5.56 Å². The molecule has 0 bridgehead atoms. The summed E-state index contributed by atoms with van der Waals surface area (Å²) in [6.07, 6.45) is 0. The minimum Gasteiger partial charge on any atom is -0.487 e. The number of nitrogens with zero attached hydrogens (tertiary/aromatic N) is 1. The number of hydrogen-bond donors (Lipinski definition) is 0. The van der Waals surface area contributed by atoms with E-state index < -0.39 is 11.9 Å². The molecule has 0 aliphatic rings. The lowest BCUT2D eigenvalue weighted by atomic mass is 9.98. The van der Waals surface area contributed by atoms with E-state index in [1.807, 2.05) is 71.9 Å². The molecule has 0 fully saturated rings. The van der Waals surface area contributed by atoms with Gasteiger partial charge in [-0.25, -0.2) is 9.59 Å². The molecule has 0 amide bonds. The molecular formula is C27H39NO6. The summed E-state index contributed by atoms with van der Waals surface area (Å²) in [6, 6.07) is 9.57. The summed E-state index contributed by atoms with van der Waals surface area (Å²) in [4.78, 5) is 26.4. The van der Waals surface area contributed by atoms with Crippen molar-refractivity contribution in [3.63, 3.8) is 0 Å². The third-order valence-electron chi connectivity index (χ3n) is 4.60. The van der Waals surface area contributed by atoms with Gasteiger partial charge in [0.15, 0.2) is 22.9 Å². The Kier molecular flexibility index (Phi) is 9.19. The molecule has 0 spiro atoms. The molecule has 188 valence electrons. The van der Waals surface area contributed by atoms with E-state index in [2.05, 4.69) is 0 Å². The third-order valence-corrected chi connectivity index (χ3v) is 4.60. The van der Waals surface area contributed by atoms with Crippen molar-refractivity contribution in [2.45, 2.75) is 61.9 Å². The van der Waals surface area contributed by atoms with Crippen LogP contribution in [0.4, 0.5) is 0 Å². The standard InChI is InChI=1S/C27H39NO6/c1-9-31-24(29)20-22(33-17-26(3,4)5)23(34-18-27(6,7)8)21(25(30)32-10-2)28(20)16-19-14-12-11-13-15-19/h11-15H,9-10,16-18H2,1-8H3. The molecule has 1 aromatic carbocycles. The Morgan fingerprint density at radius 2 is 1.15 bits per heavy atom. The summed E-state index contributed by atoms with van der Waals surface area (Å²) < 4.78 is 24.8. The Bertz CT molecular complexity index is 906. The second-order valence-electron chi connectivity index (χ2n) is 10.6. The Labute approximate surface area is 203 Å². The van der Waals surface area contributed by atoms with Crippen LogP contribution < -0.4 is 9.47 Å². The van der Waals surface area contributed by atoms with Crippen molar-refractivity contribution in [1.29, 1.82) is 0 Å². The number of rotatable bonds is 10. The highest BCUT2D eigenvalue weighted by molar-refractivity contribution is 5.99. The SMILES string of the molecule is CCOC(=O)c1c(OCC(C)(C)C)c(OCC(C)(C)C)c(C(=O)OCC)n1Cc1ccccc1. The van der Waals surface area contributed by atoms with Gasteiger partial charge in [-0.1, -0.05) is 71.9 Å². The number of hydrogen-bond acceptors (Lipinski definition) is 6. The molecule has 1 aromatic heterocycles. The van der Waals surface area contributed by atoms with Crippen molar-refractivity contribution in [2.75, 3.05) is 26.4 Å². The number of esters is 2. The maximum Gasteiger partial charge on any atom is 0.359 e. The van der Waals surface area contributed by atoms with E-state index in [9.17, 15) is 9.59 Å². The quantitative estimate of drug-likeness (QED) is 0.410. The first kappa shape index (κ1) is 27.3. The minimum absolute atomic E-state index is 0.141. The average molecular weight is 474 g/mol. The Balaban J connectivity index is 2.81. The van der Waals surface area contributed by atoms with Crippen LogP contribution in [-0.2, 0) is 16.0 Å². The van der Waals surface area contributed by atoms with E-state index >= 15 is 0 Å². The Morgan fingerprint density at radius 3 is 1.50 bits per heavy atom. The van der Waals surface area contributed by atoms with Gasteiger partial charge in [-0.05, 0) is 30.2 Å². The smallest absolute Gasteiger partial charge is 0.359 e. The van der Waals surface area contributed by atoms with Gasteiger partial charge < -0.3 is 23.5 Å². The van der Waals surface area contributed by atoms with Crippen LogP contribution in [-0.4, -0.2) is 42.9 Å². The minimum atomic E-state index is -0.585. The summed E-state index contributed by atoms with van der Waals surface area (Å²) >= 11 is 0. The molecule has 1 heterocycles. The molecule has 0 aliphatic heterocycles. The molecule has 0 atom stereocenters. The van der Waals surface area contributed by atoms with E-state index in [4.69, 9.17) is 18.9 Å². The van der Waals surface area contributed by atoms with Gasteiger partial charge in [-0.3, -0.25) is 0 Å². The van der Waals surface area contributed by atoms with Gasteiger partial charge in [0.25, 0.3) is 0 Å². The van der Waals surface area contributed by atoms with Gasteiger partial charge >= 0.3 is 11.9 Å². The fourth-order valence-electron chi connectivity index (χ4n) is 3.15. The van der Waals surface area contributed by atoms with E-state index in [-0.39, 0.29) is 53.5 Å². The third kappa shape index (κ3) is 7.54. The van der Waals surface area contributed by atoms with E-state index in [1.54, 1.807) is 18.4 Å². The van der Waals surface area contributed by atoms with Crippen molar-refractivity contribution >= 4 is 11.9 Å². The molecule has 2 aromatic rings. The molecule has 0 N–H and O–H groups in total. The van der Waals surface area contributed by atoms with Crippen LogP contribution in [0.15, 0.2) is 30.3 Å². The Morgan fingerprint density at radius 1 is 0.735 bits per heavy atom. The van der Waals surface area contributed by atoms with Crippen molar-refractivity contribution in [1.82, 2.24) is 4.57 Å². The number of benzene rings is 1. The largest absolute Gasteiger partial charge is 0.487 e. The lowest BCUT2D eigenvalue weighted by molar-refractivity contribution is 0.0499. The maximum absolute atomic E-state index is 13.2. The lowest BCUT2D eigenvalue weighted by Crippen LogP contribution is -2.20. The summed E-state index contributed by atoms with van der Waals surface area (Å²) in [5, 5.41) is 0. The summed E-state index contributed by atoms with van der Waals surface area (Å²) in [5.41, 5.74) is 0.791. The monoisotopic (exact) mass is 473 g/mol. The van der Waals surface area contributed by atoms with Crippen molar-refractivity contribution in [3.05, 3.63) is 47.3 Å². The zero-order chi connectivity index (χ0) is 25.5. The van der Waals surface area contributed by atoms with Crippen LogP contribution in [0.2, 0.25) is 0 Å². The van der Waals surface area contributed by atoms with Crippen molar-refractivity contribution < 1.29 is 28.5 Å². The number of carbonyl (C=O) groups is 2. The first-order valence-corrected chi connectivity index (χ1v) is 11.8. The van der Waals surface area contributed by atoms with Gasteiger partial charge in [0.05, 0.1) is 26.4 Å². The normalized spacial score (nSPS) is 11.8. The van der Waals surface area contributed by atoms with E-state index in [0.29, 0.717) is 13.2 Å². The van der Waals surface area contributed by atoms with Crippen LogP contribution in [0.25, 0.3) is 0 Å². The molecular weight excluding hydrogens is 434 g/mol. The van der Waals surface area contributed by atoms with Crippen LogP contribution in [0.5, 0.6) is 11.5 Å². The van der Waals surface area contributed by atoms with Gasteiger partial charge in [0.1, 0.15) is 0 Å². The average Bonchev–Trinajstić information content (AvgIpc) is 3.04. The predicted molar refractivity (Wildman–Crippen MR) is 132 cm³/mol.